The van der Waals surface area contributed by atoms with Gasteiger partial charge in [-0.05, 0) is 83.0 Å². The minimum Gasteiger partial charge on any atom is -0.462 e. The molecule has 0 saturated heterocycles. The van der Waals surface area contributed by atoms with Crippen molar-refractivity contribution in [1.82, 2.24) is 0 Å². The second-order valence-corrected chi connectivity index (χ2v) is 17.1. The molecule has 354 valence electrons. The van der Waals surface area contributed by atoms with E-state index in [-0.39, 0.29) is 31.1 Å². The third kappa shape index (κ3) is 31.0. The Morgan fingerprint density at radius 1 is 0.694 bits per heavy atom. The van der Waals surface area contributed by atoms with E-state index in [9.17, 15) is 39.5 Å². The zero-order valence-corrected chi connectivity index (χ0v) is 38.3. The van der Waals surface area contributed by atoms with Gasteiger partial charge in [0.15, 0.2) is 6.10 Å². The van der Waals surface area contributed by atoms with Gasteiger partial charge in [0.05, 0.1) is 38.1 Å². The van der Waals surface area contributed by atoms with Crippen LogP contribution in [0.3, 0.4) is 0 Å². The van der Waals surface area contributed by atoms with Gasteiger partial charge in [-0.3, -0.25) is 18.6 Å². The lowest BCUT2D eigenvalue weighted by molar-refractivity contribution is -0.161. The fraction of sp³-hybridized carbons (Fsp3) is 0.667. The monoisotopic (exact) mass is 895 g/mol. The van der Waals surface area contributed by atoms with Crippen molar-refractivity contribution >= 4 is 19.8 Å². The van der Waals surface area contributed by atoms with Crippen LogP contribution in [0.5, 0.6) is 0 Å². The standard InChI is InChI=1S/C48H79O13P/c1-3-5-7-8-9-10-11-12-13-14-15-16-17-18-19-20-21-22-28-32-48(55)61-42(39-60-62(56,57)59-37-41(51)36-49)38-58-47(54)31-27-24-23-26-30-43-44(46(53)35-45(43)52)34-33-40(50)29-25-6-4-2/h5,7,9-10,12-13,15-16,18-19,23,26,33-34,40-46,49-53H,3-4,6,8,11,14,17,20-22,24-25,27-32,35-39H2,1-2H3,(H,56,57)/b7-5-,10-9-,13-12-,16-15-,19-18-,26-23+,34-33+/t40-,41-,42+,43+,44+,45-,46+/m0/s1. The summed E-state index contributed by atoms with van der Waals surface area (Å²) < 4.78 is 32.7. The van der Waals surface area contributed by atoms with Crippen LogP contribution in [0, 0.1) is 11.8 Å². The predicted octanol–water partition coefficient (Wildman–Crippen LogP) is 8.60. The first-order valence-corrected chi connectivity index (χ1v) is 24.3. The molecule has 0 bridgehead atoms. The maximum Gasteiger partial charge on any atom is 0.472 e. The van der Waals surface area contributed by atoms with E-state index >= 15 is 0 Å². The van der Waals surface area contributed by atoms with Crippen LogP contribution in [0.15, 0.2) is 85.1 Å². The number of aliphatic hydroxyl groups is 5. The Labute approximate surface area is 371 Å². The molecule has 0 aromatic carbocycles. The number of phosphoric ester groups is 1. The molecule has 0 aromatic heterocycles. The largest absolute Gasteiger partial charge is 0.472 e. The van der Waals surface area contributed by atoms with E-state index in [4.69, 9.17) is 19.1 Å². The lowest BCUT2D eigenvalue weighted by atomic mass is 9.89. The van der Waals surface area contributed by atoms with Crippen LogP contribution in [0.1, 0.15) is 136 Å². The first-order chi connectivity index (χ1) is 29.9. The number of carbonyl (C=O) groups excluding carboxylic acids is 2. The first kappa shape index (κ1) is 57.0. The Balaban J connectivity index is 2.48. The summed E-state index contributed by atoms with van der Waals surface area (Å²) in [6, 6.07) is 0. The molecule has 1 rings (SSSR count). The summed E-state index contributed by atoms with van der Waals surface area (Å²) >= 11 is 0. The van der Waals surface area contributed by atoms with Crippen LogP contribution in [0.4, 0.5) is 0 Å². The average Bonchev–Trinajstić information content (AvgIpc) is 3.52. The van der Waals surface area contributed by atoms with Gasteiger partial charge in [0.2, 0.25) is 0 Å². The topological polar surface area (TPSA) is 210 Å². The van der Waals surface area contributed by atoms with Crippen molar-refractivity contribution in [2.75, 3.05) is 26.4 Å². The smallest absolute Gasteiger partial charge is 0.462 e. The van der Waals surface area contributed by atoms with Crippen LogP contribution in [0.2, 0.25) is 0 Å². The second-order valence-electron chi connectivity index (χ2n) is 15.7. The molecule has 1 fully saturated rings. The summed E-state index contributed by atoms with van der Waals surface area (Å²) in [5.41, 5.74) is 0. The van der Waals surface area contributed by atoms with E-state index in [2.05, 4.69) is 79.1 Å². The van der Waals surface area contributed by atoms with Gasteiger partial charge >= 0.3 is 19.8 Å². The average molecular weight is 895 g/mol. The van der Waals surface area contributed by atoms with Crippen LogP contribution in [-0.2, 0) is 32.7 Å². The Bertz CT molecular complexity index is 1420. The number of carbonyl (C=O) groups is 2. The second kappa shape index (κ2) is 37.4. The van der Waals surface area contributed by atoms with Crippen molar-refractivity contribution in [2.24, 2.45) is 11.8 Å². The van der Waals surface area contributed by atoms with E-state index in [1.807, 2.05) is 18.2 Å². The molecule has 0 heterocycles. The first-order valence-electron chi connectivity index (χ1n) is 22.8. The summed E-state index contributed by atoms with van der Waals surface area (Å²) in [5.74, 6) is -1.61. The van der Waals surface area contributed by atoms with E-state index in [0.29, 0.717) is 32.1 Å². The van der Waals surface area contributed by atoms with Crippen LogP contribution in [0.25, 0.3) is 0 Å². The summed E-state index contributed by atoms with van der Waals surface area (Å²) in [7, 11) is -4.70. The molecule has 8 atom stereocenters. The van der Waals surface area contributed by atoms with Gasteiger partial charge in [0.25, 0.3) is 0 Å². The van der Waals surface area contributed by atoms with Gasteiger partial charge in [-0.1, -0.05) is 125 Å². The molecule has 1 aliphatic rings. The number of ether oxygens (including phenoxy) is 2. The highest BCUT2D eigenvalue weighted by atomic mass is 31.2. The van der Waals surface area contributed by atoms with Crippen molar-refractivity contribution in [1.29, 1.82) is 0 Å². The predicted molar refractivity (Wildman–Crippen MR) is 244 cm³/mol. The number of esters is 2. The molecule has 1 aliphatic carbocycles. The fourth-order valence-electron chi connectivity index (χ4n) is 6.54. The molecule has 14 heteroatoms. The van der Waals surface area contributed by atoms with Crippen molar-refractivity contribution in [3.63, 3.8) is 0 Å². The lowest BCUT2D eigenvalue weighted by Gasteiger charge is -2.20. The lowest BCUT2D eigenvalue weighted by Crippen LogP contribution is -2.29. The van der Waals surface area contributed by atoms with Crippen molar-refractivity contribution < 1.29 is 63.1 Å². The van der Waals surface area contributed by atoms with Gasteiger partial charge in [-0.25, -0.2) is 4.57 Å². The normalized spacial score (nSPS) is 21.1. The molecule has 6 N–H and O–H groups in total. The molecule has 0 aliphatic heterocycles. The third-order valence-corrected chi connectivity index (χ3v) is 11.1. The molecule has 0 spiro atoms. The number of allylic oxidation sites excluding steroid dienone is 12. The van der Waals surface area contributed by atoms with Crippen LogP contribution >= 0.6 is 7.82 Å². The summed E-state index contributed by atoms with van der Waals surface area (Å²) in [4.78, 5) is 35.2. The Morgan fingerprint density at radius 2 is 1.29 bits per heavy atom. The third-order valence-electron chi connectivity index (χ3n) is 10.1. The zero-order valence-electron chi connectivity index (χ0n) is 37.4. The molecule has 0 radical (unpaired) electrons. The molecule has 0 aromatic rings. The number of hydrogen-bond acceptors (Lipinski definition) is 12. The zero-order chi connectivity index (χ0) is 45.7. The number of aliphatic hydroxyl groups excluding tert-OH is 5. The number of rotatable bonds is 37. The Hall–Kier alpha value is -2.97. The molecule has 13 nitrogen and oxygen atoms in total. The maximum atomic E-state index is 12.7. The van der Waals surface area contributed by atoms with Crippen LogP contribution in [-0.4, -0.2) is 99.3 Å². The van der Waals surface area contributed by atoms with Gasteiger partial charge in [0, 0.05) is 25.2 Å². The highest BCUT2D eigenvalue weighted by Gasteiger charge is 2.39. The minimum absolute atomic E-state index is 0.0520. The maximum absolute atomic E-state index is 12.7. The van der Waals surface area contributed by atoms with Gasteiger partial charge in [-0.2, -0.15) is 0 Å². The summed E-state index contributed by atoms with van der Waals surface area (Å²) in [6.07, 6.45) is 37.8. The molecular weight excluding hydrogens is 815 g/mol. The Morgan fingerprint density at radius 3 is 1.94 bits per heavy atom. The molecule has 1 saturated carbocycles. The molecule has 62 heavy (non-hydrogen) atoms. The van der Waals surface area contributed by atoms with Crippen molar-refractivity contribution in [2.45, 2.75) is 166 Å². The highest BCUT2D eigenvalue weighted by Crippen LogP contribution is 2.43. The van der Waals surface area contributed by atoms with Gasteiger partial charge < -0.3 is 39.9 Å². The van der Waals surface area contributed by atoms with Crippen molar-refractivity contribution in [3.8, 4) is 0 Å². The van der Waals surface area contributed by atoms with E-state index in [1.165, 1.54) is 0 Å². The number of phosphoric acid groups is 1. The van der Waals surface area contributed by atoms with Crippen molar-refractivity contribution in [3.05, 3.63) is 85.1 Å². The SMILES string of the molecule is CC/C=C\C/C=C\C/C=C\C/C=C\C/C=C\CCCCCC(=O)O[C@H](COC(=O)CCC/C=C/C[C@@H]1[C@@H](/C=C/[C@@H](O)CCCCC)[C@H](O)C[C@@H]1O)COP(=O)(O)OC[C@@H](O)CO. The minimum atomic E-state index is -4.70. The highest BCUT2D eigenvalue weighted by molar-refractivity contribution is 7.47. The Kier molecular flexibility index (Phi) is 34.4. The molecular formula is C48H79O13P. The molecule has 0 amide bonds. The van der Waals surface area contributed by atoms with Gasteiger partial charge in [-0.15, -0.1) is 0 Å². The van der Waals surface area contributed by atoms with Crippen LogP contribution < -0.4 is 0 Å². The quantitative estimate of drug-likeness (QED) is 0.0150. The fourth-order valence-corrected chi connectivity index (χ4v) is 7.33. The number of unbranched alkanes of at least 4 members (excludes halogenated alkanes) is 6. The van der Waals surface area contributed by atoms with E-state index in [0.717, 1.165) is 70.6 Å². The summed E-state index contributed by atoms with van der Waals surface area (Å²) in [6.45, 7) is 1.83. The summed E-state index contributed by atoms with van der Waals surface area (Å²) in [5, 5.41) is 49.7. The van der Waals surface area contributed by atoms with E-state index < -0.39 is 76.7 Å². The van der Waals surface area contributed by atoms with Gasteiger partial charge in [0.1, 0.15) is 12.7 Å². The van der Waals surface area contributed by atoms with E-state index in [1.54, 1.807) is 6.08 Å². The molecule has 1 unspecified atom stereocenters. The number of hydrogen-bond donors (Lipinski definition) is 6.